The highest BCUT2D eigenvalue weighted by Crippen LogP contribution is 2.24. The molecule has 3 heterocycles. The maximum absolute atomic E-state index is 12.1. The Labute approximate surface area is 136 Å². The van der Waals surface area contributed by atoms with Crippen molar-refractivity contribution in [3.63, 3.8) is 0 Å². The van der Waals surface area contributed by atoms with E-state index in [1.165, 1.54) is 22.7 Å². The van der Waals surface area contributed by atoms with E-state index in [1.807, 2.05) is 31.4 Å². The van der Waals surface area contributed by atoms with Crippen molar-refractivity contribution < 1.29 is 4.79 Å². The molecular weight excluding hydrogens is 316 g/mol. The van der Waals surface area contributed by atoms with E-state index in [0.717, 1.165) is 26.8 Å². The predicted octanol–water partition coefficient (Wildman–Crippen LogP) is 3.46. The van der Waals surface area contributed by atoms with Gasteiger partial charge in [0.1, 0.15) is 5.01 Å². The summed E-state index contributed by atoms with van der Waals surface area (Å²) < 4.78 is 0. The second-order valence-corrected chi connectivity index (χ2v) is 6.83. The standard InChI is InChI=1S/C15H14N4OS2/c1-9-10(2)22-15(17-9)19-13(20)6-12-8-21-14(18-12)11-4-3-5-16-7-11/h3-5,7-8H,6H2,1-2H3,(H,17,19,20). The van der Waals surface area contributed by atoms with Crippen LogP contribution in [0.5, 0.6) is 0 Å². The molecule has 7 heteroatoms. The molecule has 0 spiro atoms. The van der Waals surface area contributed by atoms with Crippen molar-refractivity contribution in [1.29, 1.82) is 0 Å². The van der Waals surface area contributed by atoms with Crippen molar-refractivity contribution in [2.75, 3.05) is 5.32 Å². The number of rotatable bonds is 4. The van der Waals surface area contributed by atoms with E-state index in [2.05, 4.69) is 20.3 Å². The lowest BCUT2D eigenvalue weighted by atomic mass is 10.3. The van der Waals surface area contributed by atoms with E-state index >= 15 is 0 Å². The van der Waals surface area contributed by atoms with Gasteiger partial charge < -0.3 is 5.32 Å². The molecule has 0 atom stereocenters. The second-order valence-electron chi connectivity index (χ2n) is 4.77. The van der Waals surface area contributed by atoms with Crippen LogP contribution in [-0.4, -0.2) is 20.9 Å². The molecule has 0 radical (unpaired) electrons. The molecule has 0 saturated heterocycles. The summed E-state index contributed by atoms with van der Waals surface area (Å²) in [6.45, 7) is 3.92. The number of pyridine rings is 1. The number of hydrogen-bond acceptors (Lipinski definition) is 6. The van der Waals surface area contributed by atoms with Crippen LogP contribution >= 0.6 is 22.7 Å². The molecule has 22 heavy (non-hydrogen) atoms. The molecule has 1 amide bonds. The van der Waals surface area contributed by atoms with Crippen molar-refractivity contribution in [3.05, 3.63) is 46.2 Å². The van der Waals surface area contributed by atoms with Gasteiger partial charge in [-0.2, -0.15) is 0 Å². The highest BCUT2D eigenvalue weighted by Gasteiger charge is 2.11. The van der Waals surface area contributed by atoms with Crippen molar-refractivity contribution in [2.24, 2.45) is 0 Å². The zero-order valence-corrected chi connectivity index (χ0v) is 13.8. The first-order valence-electron chi connectivity index (χ1n) is 6.70. The number of hydrogen-bond donors (Lipinski definition) is 1. The van der Waals surface area contributed by atoms with E-state index in [0.29, 0.717) is 5.13 Å². The fourth-order valence-electron chi connectivity index (χ4n) is 1.86. The molecule has 112 valence electrons. The number of carbonyl (C=O) groups excluding carboxylic acids is 1. The molecule has 0 aliphatic rings. The first kappa shape index (κ1) is 14.8. The SMILES string of the molecule is Cc1nc(NC(=O)Cc2csc(-c3cccnc3)n2)sc1C. The topological polar surface area (TPSA) is 67.8 Å². The van der Waals surface area contributed by atoms with Crippen LogP contribution < -0.4 is 5.32 Å². The van der Waals surface area contributed by atoms with Crippen LogP contribution in [0.3, 0.4) is 0 Å². The Bertz CT molecular complexity index is 775. The Hall–Kier alpha value is -2.12. The Morgan fingerprint density at radius 2 is 2.18 bits per heavy atom. The summed E-state index contributed by atoms with van der Waals surface area (Å²) in [5.41, 5.74) is 2.67. The average molecular weight is 330 g/mol. The Morgan fingerprint density at radius 3 is 2.86 bits per heavy atom. The molecule has 0 aliphatic carbocycles. The van der Waals surface area contributed by atoms with Gasteiger partial charge in [0.25, 0.3) is 0 Å². The highest BCUT2D eigenvalue weighted by atomic mass is 32.1. The van der Waals surface area contributed by atoms with Crippen LogP contribution in [0.15, 0.2) is 29.9 Å². The monoisotopic (exact) mass is 330 g/mol. The second kappa shape index (κ2) is 6.33. The van der Waals surface area contributed by atoms with Crippen LogP contribution in [0.4, 0.5) is 5.13 Å². The maximum Gasteiger partial charge on any atom is 0.232 e. The third-order valence-electron chi connectivity index (χ3n) is 3.08. The lowest BCUT2D eigenvalue weighted by Crippen LogP contribution is -2.14. The number of thiazole rings is 2. The van der Waals surface area contributed by atoms with Gasteiger partial charge in [0.15, 0.2) is 5.13 Å². The molecule has 0 aliphatic heterocycles. The zero-order valence-electron chi connectivity index (χ0n) is 12.2. The van der Waals surface area contributed by atoms with Gasteiger partial charge in [-0.3, -0.25) is 9.78 Å². The van der Waals surface area contributed by atoms with E-state index in [4.69, 9.17) is 0 Å². The Kier molecular flexibility index (Phi) is 4.26. The third kappa shape index (κ3) is 3.37. The molecule has 3 aromatic rings. The maximum atomic E-state index is 12.1. The number of anilines is 1. The summed E-state index contributed by atoms with van der Waals surface area (Å²) in [4.78, 5) is 26.0. The van der Waals surface area contributed by atoms with Gasteiger partial charge in [0.05, 0.1) is 17.8 Å². The molecule has 1 N–H and O–H groups in total. The first-order valence-corrected chi connectivity index (χ1v) is 8.40. The quantitative estimate of drug-likeness (QED) is 0.795. The van der Waals surface area contributed by atoms with Crippen LogP contribution in [-0.2, 0) is 11.2 Å². The first-order chi connectivity index (χ1) is 10.6. The summed E-state index contributed by atoms with van der Waals surface area (Å²) in [6.07, 6.45) is 3.74. The zero-order chi connectivity index (χ0) is 15.5. The van der Waals surface area contributed by atoms with Gasteiger partial charge in [0, 0.05) is 28.2 Å². The van der Waals surface area contributed by atoms with Crippen molar-refractivity contribution in [1.82, 2.24) is 15.0 Å². The number of carbonyl (C=O) groups is 1. The van der Waals surface area contributed by atoms with Gasteiger partial charge >= 0.3 is 0 Å². The molecule has 0 unspecified atom stereocenters. The number of amides is 1. The highest BCUT2D eigenvalue weighted by molar-refractivity contribution is 7.15. The minimum Gasteiger partial charge on any atom is -0.302 e. The lowest BCUT2D eigenvalue weighted by molar-refractivity contribution is -0.115. The molecule has 3 rings (SSSR count). The molecule has 0 bridgehead atoms. The Morgan fingerprint density at radius 1 is 1.32 bits per heavy atom. The summed E-state index contributed by atoms with van der Waals surface area (Å²) in [5.74, 6) is -0.100. The van der Waals surface area contributed by atoms with Gasteiger partial charge in [-0.25, -0.2) is 9.97 Å². The normalized spacial score (nSPS) is 10.6. The number of aromatic nitrogens is 3. The van der Waals surface area contributed by atoms with E-state index < -0.39 is 0 Å². The number of nitrogens with zero attached hydrogens (tertiary/aromatic N) is 3. The average Bonchev–Trinajstić information content (AvgIpc) is 3.07. The van der Waals surface area contributed by atoms with Crippen LogP contribution in [0.25, 0.3) is 10.6 Å². The molecule has 3 aromatic heterocycles. The van der Waals surface area contributed by atoms with Gasteiger partial charge in [-0.1, -0.05) is 0 Å². The van der Waals surface area contributed by atoms with Crippen LogP contribution in [0.2, 0.25) is 0 Å². The smallest absolute Gasteiger partial charge is 0.232 e. The van der Waals surface area contributed by atoms with Gasteiger partial charge in [0.2, 0.25) is 5.91 Å². The van der Waals surface area contributed by atoms with Crippen molar-refractivity contribution >= 4 is 33.7 Å². The molecule has 0 saturated carbocycles. The molecular formula is C15H14N4OS2. The largest absolute Gasteiger partial charge is 0.302 e. The summed E-state index contributed by atoms with van der Waals surface area (Å²) in [6, 6.07) is 3.83. The van der Waals surface area contributed by atoms with E-state index in [9.17, 15) is 4.79 Å². The molecule has 5 nitrogen and oxygen atoms in total. The fourth-order valence-corrected chi connectivity index (χ4v) is 3.51. The van der Waals surface area contributed by atoms with Crippen LogP contribution in [0, 0.1) is 13.8 Å². The Balaban J connectivity index is 1.66. The minimum atomic E-state index is -0.100. The fraction of sp³-hybridized carbons (Fsp3) is 0.200. The predicted molar refractivity (Wildman–Crippen MR) is 89.3 cm³/mol. The van der Waals surface area contributed by atoms with Gasteiger partial charge in [-0.05, 0) is 26.0 Å². The number of nitrogens with one attached hydrogen (secondary N) is 1. The summed E-state index contributed by atoms with van der Waals surface area (Å²) in [7, 11) is 0. The third-order valence-corrected chi connectivity index (χ3v) is 5.01. The van der Waals surface area contributed by atoms with Crippen molar-refractivity contribution in [3.8, 4) is 10.6 Å². The molecule has 0 aromatic carbocycles. The molecule has 0 fully saturated rings. The summed E-state index contributed by atoms with van der Waals surface area (Å²) in [5, 5.41) is 6.24. The summed E-state index contributed by atoms with van der Waals surface area (Å²) >= 11 is 3.00. The van der Waals surface area contributed by atoms with E-state index in [1.54, 1.807) is 12.4 Å². The number of aryl methyl sites for hydroxylation is 2. The minimum absolute atomic E-state index is 0.100. The van der Waals surface area contributed by atoms with Crippen LogP contribution in [0.1, 0.15) is 16.3 Å². The lowest BCUT2D eigenvalue weighted by Gasteiger charge is -1.99. The van der Waals surface area contributed by atoms with Gasteiger partial charge in [-0.15, -0.1) is 22.7 Å². The van der Waals surface area contributed by atoms with Crippen molar-refractivity contribution in [2.45, 2.75) is 20.3 Å². The van der Waals surface area contributed by atoms with E-state index in [-0.39, 0.29) is 12.3 Å².